The fraction of sp³-hybridized carbons (Fsp3) is 0.128. The Kier molecular flexibility index (Phi) is 12.8. The molecule has 0 aliphatic rings. The molecule has 4 nitrogen and oxygen atoms in total. The second kappa shape index (κ2) is 17.7. The van der Waals surface area contributed by atoms with Gasteiger partial charge in [-0.15, -0.1) is 77.1 Å². The average Bonchev–Trinajstić information content (AvgIpc) is 3.76. The van der Waals surface area contributed by atoms with Crippen LogP contribution < -0.4 is 4.57 Å². The van der Waals surface area contributed by atoms with Gasteiger partial charge in [-0.2, -0.15) is 43.5 Å². The Bertz CT molecular complexity index is 2700. The molecular formula is C47H35F4IrN4S-3. The first kappa shape index (κ1) is 41.1. The van der Waals surface area contributed by atoms with E-state index in [1.54, 1.807) is 35.9 Å². The van der Waals surface area contributed by atoms with Gasteiger partial charge in [0, 0.05) is 53.4 Å². The van der Waals surface area contributed by atoms with Crippen LogP contribution in [0.15, 0.2) is 146 Å². The summed E-state index contributed by atoms with van der Waals surface area (Å²) in [6, 6.07) is 50.6. The van der Waals surface area contributed by atoms with Crippen molar-refractivity contribution in [3.63, 3.8) is 0 Å². The number of aromatic nitrogens is 4. The number of aryl methyl sites for hydroxylation is 1. The van der Waals surface area contributed by atoms with Gasteiger partial charge in [-0.25, -0.2) is 0 Å². The SMILES string of the molecule is CC(C)(Cc1ccc2c(c1)sc1c(-c3[c-]cccc3)nccc12)C(F)(F)F.C[n+]1[c-]n(-c2[c-]cccc2)c2ccccc21.Fc1c[c-]c(-c2ccccn2)cc1.[Ir]. The number of fused-ring (bicyclic) bond motifs is 4. The monoisotopic (exact) mass is 956 g/mol. The largest absolute Gasteiger partial charge is 0.394 e. The van der Waals surface area contributed by atoms with Crippen molar-refractivity contribution in [1.29, 1.82) is 0 Å². The van der Waals surface area contributed by atoms with Gasteiger partial charge in [0.15, 0.2) is 0 Å². The van der Waals surface area contributed by atoms with Crippen LogP contribution in [-0.2, 0) is 33.6 Å². The molecule has 4 aromatic heterocycles. The zero-order valence-corrected chi connectivity index (χ0v) is 34.3. The molecule has 0 atom stereocenters. The average molecular weight is 956 g/mol. The summed E-state index contributed by atoms with van der Waals surface area (Å²) in [5.41, 5.74) is 5.64. The standard InChI is InChI=1S/C22H17F3NS.C14H11N2.C11H7FN.Ir/c1-21(2,22(23,24)25)13-14-8-9-16-17-10-11-26-19(15-6-4-3-5-7-15)20(17)27-18(16)12-14;1-15-11-16(12-7-3-2-4-8-12)14-10-6-5-9-13(14)15;12-10-6-4-9(5-7-10)11-3-1-2-8-13-11;/h3-6,8-12H,13H2,1-2H3;2-7,9-10H,1H3;1-4,6-8H;/q3*-1;. The van der Waals surface area contributed by atoms with Crippen molar-refractivity contribution in [1.82, 2.24) is 14.5 Å². The van der Waals surface area contributed by atoms with E-state index in [0.29, 0.717) is 5.56 Å². The van der Waals surface area contributed by atoms with E-state index in [1.807, 2.05) is 113 Å². The second-order valence-electron chi connectivity index (χ2n) is 13.7. The normalized spacial score (nSPS) is 11.4. The maximum absolute atomic E-state index is 13.2. The van der Waals surface area contributed by atoms with Crippen LogP contribution in [-0.4, -0.2) is 20.7 Å². The molecule has 9 aromatic rings. The third-order valence-corrected chi connectivity index (χ3v) is 10.4. The molecule has 0 aliphatic heterocycles. The molecule has 57 heavy (non-hydrogen) atoms. The minimum absolute atomic E-state index is 0. The molecule has 0 amide bonds. The number of rotatable bonds is 5. The summed E-state index contributed by atoms with van der Waals surface area (Å²) in [6.07, 6.45) is 2.46. The van der Waals surface area contributed by atoms with E-state index >= 15 is 0 Å². The molecule has 0 N–H and O–H groups in total. The smallest absolute Gasteiger partial charge is 0.342 e. The molecular weight excluding hydrogens is 921 g/mol. The molecule has 0 unspecified atom stereocenters. The molecule has 0 saturated heterocycles. The molecule has 0 bridgehead atoms. The van der Waals surface area contributed by atoms with Crippen LogP contribution in [0.4, 0.5) is 17.6 Å². The van der Waals surface area contributed by atoms with Crippen molar-refractivity contribution in [3.05, 3.63) is 182 Å². The van der Waals surface area contributed by atoms with Crippen molar-refractivity contribution in [3.8, 4) is 28.2 Å². The third-order valence-electron chi connectivity index (χ3n) is 9.21. The Hall–Kier alpha value is -5.54. The number of hydrogen-bond acceptors (Lipinski definition) is 3. The summed E-state index contributed by atoms with van der Waals surface area (Å²) >= 11 is 1.57. The predicted molar refractivity (Wildman–Crippen MR) is 216 cm³/mol. The number of imidazole rings is 1. The summed E-state index contributed by atoms with van der Waals surface area (Å²) < 4.78 is 58.3. The van der Waals surface area contributed by atoms with Crippen LogP contribution in [0.2, 0.25) is 0 Å². The fourth-order valence-corrected chi connectivity index (χ4v) is 7.45. The zero-order chi connectivity index (χ0) is 39.3. The number of pyridine rings is 2. The Balaban J connectivity index is 0.000000156. The van der Waals surface area contributed by atoms with E-state index < -0.39 is 11.6 Å². The van der Waals surface area contributed by atoms with Gasteiger partial charge in [0.05, 0.1) is 23.5 Å². The van der Waals surface area contributed by atoms with E-state index in [4.69, 9.17) is 0 Å². The summed E-state index contributed by atoms with van der Waals surface area (Å²) in [7, 11) is 2.00. The summed E-state index contributed by atoms with van der Waals surface area (Å²) in [5.74, 6) is -0.278. The van der Waals surface area contributed by atoms with E-state index in [9.17, 15) is 17.6 Å². The summed E-state index contributed by atoms with van der Waals surface area (Å²) in [4.78, 5) is 8.64. The van der Waals surface area contributed by atoms with Crippen molar-refractivity contribution >= 4 is 42.5 Å². The number of benzene rings is 5. The first-order valence-electron chi connectivity index (χ1n) is 17.8. The van der Waals surface area contributed by atoms with Crippen LogP contribution in [0.3, 0.4) is 0 Å². The van der Waals surface area contributed by atoms with Gasteiger partial charge in [-0.1, -0.05) is 68.1 Å². The Morgan fingerprint density at radius 2 is 1.49 bits per heavy atom. The van der Waals surface area contributed by atoms with Gasteiger partial charge in [-0.3, -0.25) is 4.39 Å². The van der Waals surface area contributed by atoms with E-state index in [0.717, 1.165) is 53.9 Å². The second-order valence-corrected chi connectivity index (χ2v) is 14.7. The topological polar surface area (TPSA) is 34.6 Å². The minimum atomic E-state index is -4.23. The Labute approximate surface area is 346 Å². The molecule has 10 heteroatoms. The first-order valence-corrected chi connectivity index (χ1v) is 18.6. The van der Waals surface area contributed by atoms with Crippen LogP contribution in [0.25, 0.3) is 59.4 Å². The van der Waals surface area contributed by atoms with E-state index in [2.05, 4.69) is 46.6 Å². The Morgan fingerprint density at radius 3 is 2.18 bits per heavy atom. The van der Waals surface area contributed by atoms with Crippen LogP contribution in [0, 0.1) is 35.8 Å². The molecule has 289 valence electrons. The first-order chi connectivity index (χ1) is 27.0. The maximum Gasteiger partial charge on any atom is 0.394 e. The van der Waals surface area contributed by atoms with Crippen molar-refractivity contribution in [2.24, 2.45) is 12.5 Å². The van der Waals surface area contributed by atoms with Gasteiger partial charge < -0.3 is 19.1 Å². The summed E-state index contributed by atoms with van der Waals surface area (Å²) in [6.45, 7) is 2.49. The van der Waals surface area contributed by atoms with E-state index in [-0.39, 0.29) is 32.3 Å². The van der Waals surface area contributed by atoms with Gasteiger partial charge in [0.2, 0.25) is 6.33 Å². The van der Waals surface area contributed by atoms with Crippen LogP contribution in [0.1, 0.15) is 19.4 Å². The Morgan fingerprint density at radius 1 is 0.737 bits per heavy atom. The molecule has 0 spiro atoms. The maximum atomic E-state index is 13.2. The predicted octanol–water partition coefficient (Wildman–Crippen LogP) is 11.8. The molecule has 9 rings (SSSR count). The summed E-state index contributed by atoms with van der Waals surface area (Å²) in [5, 5.41) is 2.11. The van der Waals surface area contributed by atoms with E-state index in [1.165, 1.54) is 31.5 Å². The molecule has 0 aliphatic carbocycles. The van der Waals surface area contributed by atoms with Crippen LogP contribution >= 0.6 is 11.3 Å². The molecule has 0 fully saturated rings. The minimum Gasteiger partial charge on any atom is -0.342 e. The number of halogens is 4. The van der Waals surface area contributed by atoms with Gasteiger partial charge in [0.25, 0.3) is 0 Å². The molecule has 4 heterocycles. The number of para-hydroxylation sites is 3. The van der Waals surface area contributed by atoms with Gasteiger partial charge in [-0.05, 0) is 46.6 Å². The number of alkyl halides is 3. The fourth-order valence-electron chi connectivity index (χ4n) is 6.19. The van der Waals surface area contributed by atoms with Crippen molar-refractivity contribution in [2.45, 2.75) is 26.4 Å². The van der Waals surface area contributed by atoms with Gasteiger partial charge >= 0.3 is 6.18 Å². The quantitative estimate of drug-likeness (QED) is 0.0979. The van der Waals surface area contributed by atoms with Gasteiger partial charge in [0.1, 0.15) is 0 Å². The molecule has 5 aromatic carbocycles. The number of nitrogens with zero attached hydrogens (tertiary/aromatic N) is 4. The van der Waals surface area contributed by atoms with Crippen molar-refractivity contribution in [2.75, 3.05) is 0 Å². The number of thiophene rings is 1. The molecule has 1 radical (unpaired) electrons. The van der Waals surface area contributed by atoms with Crippen molar-refractivity contribution < 1.29 is 42.2 Å². The van der Waals surface area contributed by atoms with Crippen LogP contribution in [0.5, 0.6) is 0 Å². The molecule has 0 saturated carbocycles. The third kappa shape index (κ3) is 9.37. The number of hydrogen-bond donors (Lipinski definition) is 0. The zero-order valence-electron chi connectivity index (χ0n) is 31.1.